The van der Waals surface area contributed by atoms with Crippen LogP contribution in [0.25, 0.3) is 0 Å². The summed E-state index contributed by atoms with van der Waals surface area (Å²) >= 11 is 0. The minimum atomic E-state index is -0.350. The Kier molecular flexibility index (Phi) is 3.06. The van der Waals surface area contributed by atoms with Crippen LogP contribution in [-0.4, -0.2) is 19.3 Å². The fourth-order valence-corrected chi connectivity index (χ4v) is 1.61. The van der Waals surface area contributed by atoms with Gasteiger partial charge in [-0.2, -0.15) is 0 Å². The molecule has 2 rings (SSSR count). The zero-order chi connectivity index (χ0) is 10.7. The molecule has 0 saturated carbocycles. The summed E-state index contributed by atoms with van der Waals surface area (Å²) in [5.41, 5.74) is 5.93. The van der Waals surface area contributed by atoms with E-state index in [0.29, 0.717) is 18.0 Å². The van der Waals surface area contributed by atoms with Crippen LogP contribution in [0.2, 0.25) is 0 Å². The Morgan fingerprint density at radius 2 is 2.40 bits per heavy atom. The van der Waals surface area contributed by atoms with Crippen molar-refractivity contribution in [2.24, 2.45) is 0 Å². The van der Waals surface area contributed by atoms with Crippen LogP contribution in [0.15, 0.2) is 18.2 Å². The summed E-state index contributed by atoms with van der Waals surface area (Å²) in [5, 5.41) is 0. The van der Waals surface area contributed by atoms with Crippen LogP contribution in [0, 0.1) is 5.82 Å². The second-order valence-corrected chi connectivity index (χ2v) is 3.63. The number of nitrogen functional groups attached to an aromatic ring is 1. The minimum Gasteiger partial charge on any atom is -0.489 e. The summed E-state index contributed by atoms with van der Waals surface area (Å²) < 4.78 is 23.6. The van der Waals surface area contributed by atoms with Crippen molar-refractivity contribution in [2.45, 2.75) is 18.9 Å². The molecule has 82 valence electrons. The molecule has 1 aliphatic rings. The number of nitrogens with two attached hydrogens (primary N) is 1. The summed E-state index contributed by atoms with van der Waals surface area (Å²) in [6.45, 7) is 1.28. The second kappa shape index (κ2) is 4.49. The fourth-order valence-electron chi connectivity index (χ4n) is 1.61. The van der Waals surface area contributed by atoms with Gasteiger partial charge in [0.1, 0.15) is 18.2 Å². The molecular formula is C11H14FNO2. The van der Waals surface area contributed by atoms with Gasteiger partial charge >= 0.3 is 0 Å². The first-order valence-corrected chi connectivity index (χ1v) is 5.05. The maximum absolute atomic E-state index is 12.7. The lowest BCUT2D eigenvalue weighted by Crippen LogP contribution is -2.16. The Balaban J connectivity index is 1.92. The standard InChI is InChI=1S/C11H14FNO2/c12-8-3-4-11(10(13)6-8)15-7-9-2-1-5-14-9/h3-4,6,9H,1-2,5,7,13H2/t9-/m1/s1. The molecule has 0 aromatic heterocycles. The number of halogens is 1. The largest absolute Gasteiger partial charge is 0.489 e. The first kappa shape index (κ1) is 10.2. The van der Waals surface area contributed by atoms with E-state index in [1.54, 1.807) is 6.07 Å². The maximum Gasteiger partial charge on any atom is 0.142 e. The van der Waals surface area contributed by atoms with Gasteiger partial charge in [0, 0.05) is 12.7 Å². The number of hydrogen-bond donors (Lipinski definition) is 1. The van der Waals surface area contributed by atoms with Crippen molar-refractivity contribution in [3.63, 3.8) is 0 Å². The topological polar surface area (TPSA) is 44.5 Å². The lowest BCUT2D eigenvalue weighted by molar-refractivity contribution is 0.0682. The molecule has 0 amide bonds. The van der Waals surface area contributed by atoms with Crippen molar-refractivity contribution in [3.8, 4) is 5.75 Å². The Labute approximate surface area is 88.0 Å². The quantitative estimate of drug-likeness (QED) is 0.777. The average molecular weight is 211 g/mol. The van der Waals surface area contributed by atoms with Gasteiger partial charge in [-0.3, -0.25) is 0 Å². The van der Waals surface area contributed by atoms with E-state index in [1.165, 1.54) is 12.1 Å². The van der Waals surface area contributed by atoms with E-state index < -0.39 is 0 Å². The zero-order valence-electron chi connectivity index (χ0n) is 8.41. The number of anilines is 1. The number of hydrogen-bond acceptors (Lipinski definition) is 3. The summed E-state index contributed by atoms with van der Waals surface area (Å²) in [7, 11) is 0. The van der Waals surface area contributed by atoms with E-state index in [2.05, 4.69) is 0 Å². The summed E-state index contributed by atoms with van der Waals surface area (Å²) in [6, 6.07) is 4.13. The third-order valence-electron chi connectivity index (χ3n) is 2.42. The van der Waals surface area contributed by atoms with Crippen molar-refractivity contribution >= 4 is 5.69 Å². The van der Waals surface area contributed by atoms with Gasteiger partial charge in [0.2, 0.25) is 0 Å². The van der Waals surface area contributed by atoms with E-state index in [9.17, 15) is 4.39 Å². The van der Waals surface area contributed by atoms with Crippen LogP contribution in [0.4, 0.5) is 10.1 Å². The highest BCUT2D eigenvalue weighted by molar-refractivity contribution is 5.52. The van der Waals surface area contributed by atoms with Crippen molar-refractivity contribution in [3.05, 3.63) is 24.0 Å². The van der Waals surface area contributed by atoms with Gasteiger partial charge in [-0.05, 0) is 25.0 Å². The highest BCUT2D eigenvalue weighted by Crippen LogP contribution is 2.23. The fraction of sp³-hybridized carbons (Fsp3) is 0.455. The lowest BCUT2D eigenvalue weighted by Gasteiger charge is -2.12. The molecule has 0 unspecified atom stereocenters. The third kappa shape index (κ3) is 2.59. The van der Waals surface area contributed by atoms with E-state index in [0.717, 1.165) is 19.4 Å². The first-order valence-electron chi connectivity index (χ1n) is 5.05. The molecule has 2 N–H and O–H groups in total. The lowest BCUT2D eigenvalue weighted by atomic mass is 10.2. The molecule has 1 atom stereocenters. The number of ether oxygens (including phenoxy) is 2. The molecule has 3 nitrogen and oxygen atoms in total. The molecule has 1 fully saturated rings. The molecular weight excluding hydrogens is 197 g/mol. The predicted molar refractivity (Wildman–Crippen MR) is 55.3 cm³/mol. The van der Waals surface area contributed by atoms with E-state index in [1.807, 2.05) is 0 Å². The molecule has 0 bridgehead atoms. The van der Waals surface area contributed by atoms with E-state index >= 15 is 0 Å². The third-order valence-corrected chi connectivity index (χ3v) is 2.42. The molecule has 1 saturated heterocycles. The highest BCUT2D eigenvalue weighted by atomic mass is 19.1. The smallest absolute Gasteiger partial charge is 0.142 e. The molecule has 4 heteroatoms. The predicted octanol–water partition coefficient (Wildman–Crippen LogP) is 1.97. The number of benzene rings is 1. The Morgan fingerprint density at radius 3 is 3.07 bits per heavy atom. The molecule has 1 aromatic rings. The van der Waals surface area contributed by atoms with Gasteiger partial charge < -0.3 is 15.2 Å². The number of rotatable bonds is 3. The van der Waals surface area contributed by atoms with Crippen molar-refractivity contribution in [1.29, 1.82) is 0 Å². The molecule has 0 spiro atoms. The first-order chi connectivity index (χ1) is 7.25. The SMILES string of the molecule is Nc1cc(F)ccc1OC[C@H]1CCCO1. The van der Waals surface area contributed by atoms with Crippen LogP contribution in [0.3, 0.4) is 0 Å². The highest BCUT2D eigenvalue weighted by Gasteiger charge is 2.16. The average Bonchev–Trinajstić information content (AvgIpc) is 2.69. The van der Waals surface area contributed by atoms with Gasteiger partial charge in [0.25, 0.3) is 0 Å². The Bertz CT molecular complexity index is 337. The maximum atomic E-state index is 12.7. The van der Waals surface area contributed by atoms with E-state index in [4.69, 9.17) is 15.2 Å². The van der Waals surface area contributed by atoms with Crippen LogP contribution in [0.1, 0.15) is 12.8 Å². The Hall–Kier alpha value is -1.29. The van der Waals surface area contributed by atoms with Crippen LogP contribution in [0.5, 0.6) is 5.75 Å². The van der Waals surface area contributed by atoms with Crippen LogP contribution in [-0.2, 0) is 4.74 Å². The minimum absolute atomic E-state index is 0.148. The van der Waals surface area contributed by atoms with Crippen LogP contribution >= 0.6 is 0 Å². The molecule has 0 radical (unpaired) electrons. The Morgan fingerprint density at radius 1 is 1.53 bits per heavy atom. The van der Waals surface area contributed by atoms with Gasteiger partial charge in [-0.15, -0.1) is 0 Å². The molecule has 1 aliphatic heterocycles. The van der Waals surface area contributed by atoms with Crippen molar-refractivity contribution < 1.29 is 13.9 Å². The normalized spacial score (nSPS) is 20.5. The second-order valence-electron chi connectivity index (χ2n) is 3.63. The van der Waals surface area contributed by atoms with Gasteiger partial charge in [-0.25, -0.2) is 4.39 Å². The van der Waals surface area contributed by atoms with E-state index in [-0.39, 0.29) is 11.9 Å². The zero-order valence-corrected chi connectivity index (χ0v) is 8.41. The summed E-state index contributed by atoms with van der Waals surface area (Å²) in [4.78, 5) is 0. The molecule has 15 heavy (non-hydrogen) atoms. The molecule has 0 aliphatic carbocycles. The van der Waals surface area contributed by atoms with Gasteiger partial charge in [0.05, 0.1) is 11.8 Å². The molecule has 1 heterocycles. The monoisotopic (exact) mass is 211 g/mol. The van der Waals surface area contributed by atoms with Crippen molar-refractivity contribution in [2.75, 3.05) is 18.9 Å². The van der Waals surface area contributed by atoms with Crippen LogP contribution < -0.4 is 10.5 Å². The van der Waals surface area contributed by atoms with Gasteiger partial charge in [0.15, 0.2) is 0 Å². The summed E-state index contributed by atoms with van der Waals surface area (Å²) in [5.74, 6) is 0.170. The van der Waals surface area contributed by atoms with Gasteiger partial charge in [-0.1, -0.05) is 0 Å². The van der Waals surface area contributed by atoms with Crippen molar-refractivity contribution in [1.82, 2.24) is 0 Å². The molecule has 1 aromatic carbocycles. The summed E-state index contributed by atoms with van der Waals surface area (Å²) in [6.07, 6.45) is 2.24.